The van der Waals surface area contributed by atoms with Crippen molar-refractivity contribution in [1.29, 1.82) is 0 Å². The van der Waals surface area contributed by atoms with Crippen molar-refractivity contribution < 1.29 is 4.74 Å². The van der Waals surface area contributed by atoms with Crippen LogP contribution in [0, 0.1) is 6.92 Å². The van der Waals surface area contributed by atoms with E-state index >= 15 is 0 Å². The van der Waals surface area contributed by atoms with Gasteiger partial charge in [-0.05, 0) is 55.2 Å². The third-order valence-electron chi connectivity index (χ3n) is 3.81. The fourth-order valence-corrected chi connectivity index (χ4v) is 3.96. The molecule has 0 saturated carbocycles. The molecule has 3 rings (SSSR count). The summed E-state index contributed by atoms with van der Waals surface area (Å²) in [6.07, 6.45) is 0.942. The molecule has 1 atom stereocenters. The molecule has 0 saturated heterocycles. The number of ether oxygens (including phenoxy) is 1. The lowest BCUT2D eigenvalue weighted by molar-refractivity contribution is 0.138. The van der Waals surface area contributed by atoms with E-state index in [1.54, 1.807) is 0 Å². The van der Waals surface area contributed by atoms with Crippen LogP contribution in [0.15, 0.2) is 36.4 Å². The largest absolute Gasteiger partial charge is 0.487 e. The van der Waals surface area contributed by atoms with E-state index in [4.69, 9.17) is 16.3 Å². The van der Waals surface area contributed by atoms with Crippen molar-refractivity contribution in [2.24, 2.45) is 0 Å². The van der Waals surface area contributed by atoms with Gasteiger partial charge in [-0.15, -0.1) is 0 Å². The average molecular weight is 366 g/mol. The van der Waals surface area contributed by atoms with Gasteiger partial charge in [0.1, 0.15) is 11.4 Å². The molecule has 0 fully saturated rings. The number of rotatable bonds is 2. The van der Waals surface area contributed by atoms with Crippen LogP contribution in [0.1, 0.15) is 40.9 Å². The molecule has 21 heavy (non-hydrogen) atoms. The molecule has 0 radical (unpaired) electrons. The highest BCUT2D eigenvalue weighted by atomic mass is 79.9. The van der Waals surface area contributed by atoms with Gasteiger partial charge in [0.25, 0.3) is 0 Å². The van der Waals surface area contributed by atoms with Crippen molar-refractivity contribution in [2.75, 3.05) is 0 Å². The van der Waals surface area contributed by atoms with Crippen LogP contribution in [0.5, 0.6) is 5.75 Å². The first-order chi connectivity index (χ1) is 9.85. The van der Waals surface area contributed by atoms with Crippen LogP contribution in [-0.2, 0) is 6.42 Å². The normalized spacial score (nSPS) is 17.2. The molecule has 0 aromatic heterocycles. The third-order valence-corrected chi connectivity index (χ3v) is 5.16. The molecule has 0 spiro atoms. The number of aryl methyl sites for hydroxylation is 1. The molecule has 0 aliphatic carbocycles. The maximum absolute atomic E-state index is 6.38. The first-order valence-corrected chi connectivity index (χ1v) is 8.37. The number of hydrogen-bond donors (Lipinski definition) is 0. The van der Waals surface area contributed by atoms with Gasteiger partial charge in [-0.2, -0.15) is 0 Å². The molecule has 1 nitrogen and oxygen atoms in total. The van der Waals surface area contributed by atoms with Gasteiger partial charge < -0.3 is 4.74 Å². The summed E-state index contributed by atoms with van der Waals surface area (Å²) in [6, 6.07) is 12.6. The molecule has 2 aromatic carbocycles. The summed E-state index contributed by atoms with van der Waals surface area (Å²) < 4.78 is 5.93. The fourth-order valence-electron chi connectivity index (χ4n) is 2.80. The Morgan fingerprint density at radius 3 is 2.67 bits per heavy atom. The highest BCUT2D eigenvalue weighted by molar-refractivity contribution is 9.09. The van der Waals surface area contributed by atoms with Crippen molar-refractivity contribution in [3.63, 3.8) is 0 Å². The van der Waals surface area contributed by atoms with Crippen LogP contribution in [0.2, 0.25) is 5.02 Å². The van der Waals surface area contributed by atoms with Crippen LogP contribution in [0.4, 0.5) is 0 Å². The van der Waals surface area contributed by atoms with Crippen molar-refractivity contribution in [3.05, 3.63) is 63.7 Å². The predicted molar refractivity (Wildman–Crippen MR) is 91.8 cm³/mol. The standard InChI is InChI=1S/C18H18BrClO/c1-11-4-6-14(15(20)8-11)17(19)12-5-7-16-13(9-12)10-18(2,3)21-16/h4-9,17H,10H2,1-3H3. The van der Waals surface area contributed by atoms with E-state index in [1.807, 2.05) is 13.0 Å². The Morgan fingerprint density at radius 2 is 1.95 bits per heavy atom. The van der Waals surface area contributed by atoms with Gasteiger partial charge in [0, 0.05) is 11.4 Å². The fraction of sp³-hybridized carbons (Fsp3) is 0.333. The molecule has 2 aromatic rings. The SMILES string of the molecule is Cc1ccc(C(Br)c2ccc3c(c2)CC(C)(C)O3)c(Cl)c1. The second-order valence-electron chi connectivity index (χ2n) is 6.29. The summed E-state index contributed by atoms with van der Waals surface area (Å²) in [7, 11) is 0. The first kappa shape index (κ1) is 14.9. The smallest absolute Gasteiger partial charge is 0.123 e. The predicted octanol–water partition coefficient (Wildman–Crippen LogP) is 5.85. The van der Waals surface area contributed by atoms with E-state index in [9.17, 15) is 0 Å². The van der Waals surface area contributed by atoms with Gasteiger partial charge in [-0.3, -0.25) is 0 Å². The molecule has 1 heterocycles. The highest BCUT2D eigenvalue weighted by Crippen LogP contribution is 2.40. The minimum absolute atomic E-state index is 0.0969. The van der Waals surface area contributed by atoms with Crippen LogP contribution in [0.3, 0.4) is 0 Å². The second-order valence-corrected chi connectivity index (χ2v) is 7.62. The molecular formula is C18H18BrClO. The van der Waals surface area contributed by atoms with Gasteiger partial charge in [-0.1, -0.05) is 51.8 Å². The van der Waals surface area contributed by atoms with Crippen molar-refractivity contribution in [1.82, 2.24) is 0 Å². The minimum Gasteiger partial charge on any atom is -0.487 e. The Kier molecular flexibility index (Phi) is 3.79. The maximum atomic E-state index is 6.38. The summed E-state index contributed by atoms with van der Waals surface area (Å²) in [5.41, 5.74) is 4.64. The Labute approximate surface area is 139 Å². The second kappa shape index (κ2) is 5.33. The lowest BCUT2D eigenvalue weighted by Gasteiger charge is -2.16. The number of halogens is 2. The minimum atomic E-state index is -0.107. The van der Waals surface area contributed by atoms with Crippen molar-refractivity contribution in [2.45, 2.75) is 37.6 Å². The van der Waals surface area contributed by atoms with Crippen LogP contribution in [-0.4, -0.2) is 5.60 Å². The van der Waals surface area contributed by atoms with Crippen molar-refractivity contribution in [3.8, 4) is 5.75 Å². The van der Waals surface area contributed by atoms with E-state index in [1.165, 1.54) is 16.7 Å². The molecule has 3 heteroatoms. The summed E-state index contributed by atoms with van der Waals surface area (Å²) in [4.78, 5) is 0.0969. The molecule has 1 aliphatic rings. The molecule has 1 aliphatic heterocycles. The van der Waals surface area contributed by atoms with E-state index in [0.717, 1.165) is 22.8 Å². The molecule has 0 bridgehead atoms. The van der Waals surface area contributed by atoms with Gasteiger partial charge in [0.2, 0.25) is 0 Å². The van der Waals surface area contributed by atoms with Gasteiger partial charge in [0.05, 0.1) is 4.83 Å². The Morgan fingerprint density at radius 1 is 1.19 bits per heavy atom. The number of fused-ring (bicyclic) bond motifs is 1. The number of benzene rings is 2. The number of alkyl halides is 1. The molecule has 0 N–H and O–H groups in total. The number of hydrogen-bond acceptors (Lipinski definition) is 1. The van der Waals surface area contributed by atoms with Crippen LogP contribution in [0.25, 0.3) is 0 Å². The zero-order valence-corrected chi connectivity index (χ0v) is 14.8. The van der Waals surface area contributed by atoms with E-state index < -0.39 is 0 Å². The topological polar surface area (TPSA) is 9.23 Å². The highest BCUT2D eigenvalue weighted by Gasteiger charge is 2.30. The monoisotopic (exact) mass is 364 g/mol. The molecule has 0 amide bonds. The van der Waals surface area contributed by atoms with E-state index in [2.05, 4.69) is 60.1 Å². The zero-order chi connectivity index (χ0) is 15.2. The molecule has 1 unspecified atom stereocenters. The summed E-state index contributed by atoms with van der Waals surface area (Å²) in [6.45, 7) is 6.29. The zero-order valence-electron chi connectivity index (χ0n) is 12.4. The Bertz CT molecular complexity index is 694. The van der Waals surface area contributed by atoms with Crippen molar-refractivity contribution >= 4 is 27.5 Å². The Hall–Kier alpha value is -0.990. The summed E-state index contributed by atoms with van der Waals surface area (Å²) in [5, 5.41) is 0.800. The third kappa shape index (κ3) is 2.97. The van der Waals surface area contributed by atoms with Gasteiger partial charge in [0.15, 0.2) is 0 Å². The van der Waals surface area contributed by atoms with E-state index in [-0.39, 0.29) is 10.4 Å². The quantitative estimate of drug-likeness (QED) is 0.607. The van der Waals surface area contributed by atoms with E-state index in [0.29, 0.717) is 0 Å². The van der Waals surface area contributed by atoms with Gasteiger partial charge in [-0.25, -0.2) is 0 Å². The first-order valence-electron chi connectivity index (χ1n) is 7.08. The summed E-state index contributed by atoms with van der Waals surface area (Å²) in [5.74, 6) is 0.999. The summed E-state index contributed by atoms with van der Waals surface area (Å²) >= 11 is 10.2. The lowest BCUT2D eigenvalue weighted by atomic mass is 9.97. The average Bonchev–Trinajstić information content (AvgIpc) is 2.70. The maximum Gasteiger partial charge on any atom is 0.123 e. The Balaban J connectivity index is 1.95. The van der Waals surface area contributed by atoms with Crippen LogP contribution < -0.4 is 4.74 Å². The van der Waals surface area contributed by atoms with Crippen LogP contribution >= 0.6 is 27.5 Å². The van der Waals surface area contributed by atoms with Gasteiger partial charge >= 0.3 is 0 Å². The lowest BCUT2D eigenvalue weighted by Crippen LogP contribution is -2.24. The molecule has 110 valence electrons. The molecular weight excluding hydrogens is 348 g/mol.